The van der Waals surface area contributed by atoms with Crippen molar-refractivity contribution in [2.45, 2.75) is 257 Å². The summed E-state index contributed by atoms with van der Waals surface area (Å²) in [5.41, 5.74) is 0. The molecule has 2 atom stereocenters. The highest BCUT2D eigenvalue weighted by atomic mass is 32.2. The number of amides is 1. The Bertz CT molecular complexity index is 790. The Kier molecular flexibility index (Phi) is 36.6. The standard InChI is InChI=1S/C42H85NO5S/c1-3-5-7-9-11-13-15-17-19-20-21-22-23-24-26-28-30-32-34-36-38-42(45)43-40(39-49(46,47)48)41(44)37-35-33-31-29-27-25-18-16-14-12-10-8-6-4-2/h40-41,44H,3-39H2,1-2H3,(H,43,45)(H,46,47,48). The zero-order valence-electron chi connectivity index (χ0n) is 32.8. The van der Waals surface area contributed by atoms with Crippen LogP contribution >= 0.6 is 0 Å². The van der Waals surface area contributed by atoms with Crippen LogP contribution in [0.1, 0.15) is 245 Å². The minimum Gasteiger partial charge on any atom is -0.391 e. The van der Waals surface area contributed by atoms with Gasteiger partial charge in [-0.15, -0.1) is 0 Å². The normalized spacial score (nSPS) is 13.1. The van der Waals surface area contributed by atoms with Crippen LogP contribution in [0, 0.1) is 0 Å². The van der Waals surface area contributed by atoms with E-state index in [1.165, 1.54) is 180 Å². The lowest BCUT2D eigenvalue weighted by Gasteiger charge is -2.23. The van der Waals surface area contributed by atoms with Gasteiger partial charge in [0.1, 0.15) is 0 Å². The van der Waals surface area contributed by atoms with Crippen LogP contribution in [-0.2, 0) is 14.9 Å². The van der Waals surface area contributed by atoms with Gasteiger partial charge in [-0.2, -0.15) is 8.42 Å². The molecule has 0 bridgehead atoms. The van der Waals surface area contributed by atoms with Crippen molar-refractivity contribution in [3.63, 3.8) is 0 Å². The van der Waals surface area contributed by atoms with Crippen molar-refractivity contribution in [1.29, 1.82) is 0 Å². The first-order chi connectivity index (χ1) is 23.8. The van der Waals surface area contributed by atoms with E-state index in [1.54, 1.807) is 0 Å². The second-order valence-electron chi connectivity index (χ2n) is 15.3. The summed E-state index contributed by atoms with van der Waals surface area (Å²) in [6, 6.07) is -0.963. The second-order valence-corrected chi connectivity index (χ2v) is 16.8. The number of rotatable bonds is 40. The van der Waals surface area contributed by atoms with Crippen molar-refractivity contribution in [3.05, 3.63) is 0 Å². The number of carbonyl (C=O) groups is 1. The van der Waals surface area contributed by atoms with Crippen LogP contribution in [0.25, 0.3) is 0 Å². The summed E-state index contributed by atoms with van der Waals surface area (Å²) in [6.45, 7) is 4.54. The zero-order valence-corrected chi connectivity index (χ0v) is 33.7. The SMILES string of the molecule is CCCCCCCCCCCCCCCCCCCCCCC(=O)NC(CS(=O)(=O)O)C(O)CCCCCCCCCCCCCCCC. The maximum Gasteiger partial charge on any atom is 0.266 e. The highest BCUT2D eigenvalue weighted by Crippen LogP contribution is 2.17. The molecule has 0 aromatic carbocycles. The van der Waals surface area contributed by atoms with Gasteiger partial charge in [-0.25, -0.2) is 0 Å². The van der Waals surface area contributed by atoms with Gasteiger partial charge in [0, 0.05) is 6.42 Å². The minimum absolute atomic E-state index is 0.240. The minimum atomic E-state index is -4.30. The molecule has 49 heavy (non-hydrogen) atoms. The van der Waals surface area contributed by atoms with E-state index in [0.29, 0.717) is 12.8 Å². The van der Waals surface area contributed by atoms with Gasteiger partial charge < -0.3 is 10.4 Å². The van der Waals surface area contributed by atoms with Crippen molar-refractivity contribution in [3.8, 4) is 0 Å². The van der Waals surface area contributed by atoms with Crippen LogP contribution in [-0.4, -0.2) is 41.9 Å². The number of unbranched alkanes of at least 4 members (excludes halogenated alkanes) is 32. The molecule has 7 heteroatoms. The molecule has 6 nitrogen and oxygen atoms in total. The van der Waals surface area contributed by atoms with Crippen molar-refractivity contribution in [2.75, 3.05) is 5.75 Å². The Balaban J connectivity index is 3.76. The van der Waals surface area contributed by atoms with E-state index < -0.39 is 28.0 Å². The van der Waals surface area contributed by atoms with Gasteiger partial charge in [-0.05, 0) is 12.8 Å². The fourth-order valence-electron chi connectivity index (χ4n) is 7.04. The fraction of sp³-hybridized carbons (Fsp3) is 0.976. The van der Waals surface area contributed by atoms with Crippen LogP contribution in [0.2, 0.25) is 0 Å². The Labute approximate surface area is 306 Å². The molecule has 0 aliphatic heterocycles. The Morgan fingerprint density at radius 2 is 0.735 bits per heavy atom. The summed E-state index contributed by atoms with van der Waals surface area (Å²) >= 11 is 0. The number of nitrogens with one attached hydrogen (secondary N) is 1. The largest absolute Gasteiger partial charge is 0.391 e. The van der Waals surface area contributed by atoms with Gasteiger partial charge >= 0.3 is 0 Å². The molecule has 0 saturated carbocycles. The third-order valence-corrected chi connectivity index (χ3v) is 11.1. The zero-order chi connectivity index (χ0) is 36.1. The third kappa shape index (κ3) is 38.4. The summed E-state index contributed by atoms with van der Waals surface area (Å²) in [7, 11) is -4.30. The third-order valence-electron chi connectivity index (χ3n) is 10.3. The molecule has 2 unspecified atom stereocenters. The summed E-state index contributed by atoms with van der Waals surface area (Å²) in [6.07, 6.45) is 43.4. The molecule has 3 N–H and O–H groups in total. The van der Waals surface area contributed by atoms with Crippen LogP contribution in [0.3, 0.4) is 0 Å². The van der Waals surface area contributed by atoms with Gasteiger partial charge in [-0.1, -0.05) is 226 Å². The molecule has 0 aromatic heterocycles. The first kappa shape index (κ1) is 48.3. The predicted molar refractivity (Wildman–Crippen MR) is 212 cm³/mol. The van der Waals surface area contributed by atoms with E-state index in [0.717, 1.165) is 38.5 Å². The Morgan fingerprint density at radius 1 is 0.469 bits per heavy atom. The summed E-state index contributed by atoms with van der Waals surface area (Å²) < 4.78 is 32.5. The highest BCUT2D eigenvalue weighted by molar-refractivity contribution is 7.85. The topological polar surface area (TPSA) is 104 Å². The maximum atomic E-state index is 12.5. The van der Waals surface area contributed by atoms with Crippen LogP contribution in [0.5, 0.6) is 0 Å². The number of aliphatic hydroxyl groups is 1. The lowest BCUT2D eigenvalue weighted by Crippen LogP contribution is -2.47. The van der Waals surface area contributed by atoms with E-state index in [4.69, 9.17) is 0 Å². The van der Waals surface area contributed by atoms with Crippen molar-refractivity contribution in [2.24, 2.45) is 0 Å². The Hall–Kier alpha value is -0.660. The molecule has 0 saturated heterocycles. The molecule has 294 valence electrons. The summed E-state index contributed by atoms with van der Waals surface area (Å²) in [5.74, 6) is -0.881. The first-order valence-corrected chi connectivity index (χ1v) is 23.3. The molecule has 0 heterocycles. The van der Waals surface area contributed by atoms with E-state index in [-0.39, 0.29) is 5.91 Å². The van der Waals surface area contributed by atoms with Gasteiger partial charge in [0.15, 0.2) is 0 Å². The van der Waals surface area contributed by atoms with E-state index in [9.17, 15) is 22.9 Å². The number of aliphatic hydroxyl groups excluding tert-OH is 1. The molecular formula is C42H85NO5S. The summed E-state index contributed by atoms with van der Waals surface area (Å²) in [4.78, 5) is 12.5. The molecule has 0 rings (SSSR count). The van der Waals surface area contributed by atoms with Crippen molar-refractivity contribution >= 4 is 16.0 Å². The van der Waals surface area contributed by atoms with E-state index in [1.807, 2.05) is 0 Å². The van der Waals surface area contributed by atoms with E-state index >= 15 is 0 Å². The van der Waals surface area contributed by atoms with Crippen molar-refractivity contribution < 1.29 is 22.9 Å². The molecule has 1 amide bonds. The van der Waals surface area contributed by atoms with Crippen LogP contribution in [0.15, 0.2) is 0 Å². The molecule has 0 fully saturated rings. The lowest BCUT2D eigenvalue weighted by atomic mass is 10.0. The van der Waals surface area contributed by atoms with Crippen molar-refractivity contribution in [1.82, 2.24) is 5.32 Å². The highest BCUT2D eigenvalue weighted by Gasteiger charge is 2.26. The molecule has 0 aromatic rings. The lowest BCUT2D eigenvalue weighted by molar-refractivity contribution is -0.122. The molecular weight excluding hydrogens is 631 g/mol. The quantitative estimate of drug-likeness (QED) is 0.0433. The average molecular weight is 716 g/mol. The summed E-state index contributed by atoms with van der Waals surface area (Å²) in [5, 5.41) is 13.4. The predicted octanol–water partition coefficient (Wildman–Crippen LogP) is 12.8. The monoisotopic (exact) mass is 716 g/mol. The number of hydrogen-bond acceptors (Lipinski definition) is 4. The molecule has 0 spiro atoms. The van der Waals surface area contributed by atoms with Gasteiger partial charge in [-0.3, -0.25) is 9.35 Å². The Morgan fingerprint density at radius 3 is 1.02 bits per heavy atom. The number of carbonyl (C=O) groups excluding carboxylic acids is 1. The molecule has 0 aliphatic carbocycles. The molecule has 0 radical (unpaired) electrons. The van der Waals surface area contributed by atoms with Gasteiger partial charge in [0.05, 0.1) is 17.9 Å². The molecule has 0 aliphatic rings. The smallest absolute Gasteiger partial charge is 0.266 e. The fourth-order valence-corrected chi connectivity index (χ4v) is 7.80. The maximum absolute atomic E-state index is 12.5. The van der Waals surface area contributed by atoms with Gasteiger partial charge in [0.2, 0.25) is 5.91 Å². The van der Waals surface area contributed by atoms with E-state index in [2.05, 4.69) is 19.2 Å². The van der Waals surface area contributed by atoms with Crippen LogP contribution < -0.4 is 5.32 Å². The second kappa shape index (κ2) is 37.1. The number of hydrogen-bond donors (Lipinski definition) is 3. The average Bonchev–Trinajstić information content (AvgIpc) is 3.06. The first-order valence-electron chi connectivity index (χ1n) is 21.7. The van der Waals surface area contributed by atoms with Gasteiger partial charge in [0.25, 0.3) is 10.1 Å². The van der Waals surface area contributed by atoms with Crippen LogP contribution in [0.4, 0.5) is 0 Å².